The summed E-state index contributed by atoms with van der Waals surface area (Å²) in [6.07, 6.45) is 8.14. The van der Waals surface area contributed by atoms with E-state index in [1.807, 2.05) is 0 Å². The second-order valence-corrected chi connectivity index (χ2v) is 3.79. The van der Waals surface area contributed by atoms with Crippen molar-refractivity contribution in [1.82, 2.24) is 0 Å². The fourth-order valence-corrected chi connectivity index (χ4v) is 1.19. The standard InChI is InChI=1S/C6H15NO.C6H14O2/c2*7-5-3-1-2-4-6-8/h8H,1-7H2;7-8H,1-6H2. The van der Waals surface area contributed by atoms with Gasteiger partial charge in [-0.25, -0.2) is 0 Å². The van der Waals surface area contributed by atoms with E-state index in [1.165, 1.54) is 0 Å². The van der Waals surface area contributed by atoms with Gasteiger partial charge in [0.2, 0.25) is 0 Å². The minimum absolute atomic E-state index is 0.283. The second-order valence-electron chi connectivity index (χ2n) is 3.79. The molecule has 0 heterocycles. The summed E-state index contributed by atoms with van der Waals surface area (Å²) in [5.74, 6) is 0. The van der Waals surface area contributed by atoms with Crippen molar-refractivity contribution in [2.45, 2.75) is 51.4 Å². The number of unbranched alkanes of at least 4 members (excludes halogenated alkanes) is 6. The quantitative estimate of drug-likeness (QED) is 0.426. The molecule has 0 rings (SSSR count). The van der Waals surface area contributed by atoms with Crippen LogP contribution in [0.25, 0.3) is 0 Å². The number of nitrogens with two attached hydrogens (primary N) is 1. The van der Waals surface area contributed by atoms with E-state index in [0.29, 0.717) is 6.61 Å². The summed E-state index contributed by atoms with van der Waals surface area (Å²) in [6.45, 7) is 1.67. The Hall–Kier alpha value is -0.160. The van der Waals surface area contributed by atoms with Crippen LogP contribution in [0.2, 0.25) is 0 Å². The molecule has 0 aromatic heterocycles. The summed E-state index contributed by atoms with van der Waals surface area (Å²) < 4.78 is 0. The van der Waals surface area contributed by atoms with Crippen LogP contribution in [-0.4, -0.2) is 41.7 Å². The lowest BCUT2D eigenvalue weighted by Gasteiger charge is -1.93. The maximum absolute atomic E-state index is 8.33. The van der Waals surface area contributed by atoms with Crippen LogP contribution in [0.3, 0.4) is 0 Å². The predicted molar refractivity (Wildman–Crippen MR) is 67.2 cm³/mol. The van der Waals surface area contributed by atoms with E-state index in [1.54, 1.807) is 0 Å². The van der Waals surface area contributed by atoms with Crippen molar-refractivity contribution in [3.63, 3.8) is 0 Å². The van der Waals surface area contributed by atoms with Gasteiger partial charge in [-0.3, -0.25) is 0 Å². The molecule has 5 N–H and O–H groups in total. The summed E-state index contributed by atoms with van der Waals surface area (Å²) in [4.78, 5) is 0. The van der Waals surface area contributed by atoms with Gasteiger partial charge in [0.15, 0.2) is 0 Å². The molecule has 16 heavy (non-hydrogen) atoms. The lowest BCUT2D eigenvalue weighted by molar-refractivity contribution is 0.265. The molecule has 0 bridgehead atoms. The van der Waals surface area contributed by atoms with Crippen LogP contribution in [-0.2, 0) is 0 Å². The van der Waals surface area contributed by atoms with Crippen molar-refractivity contribution >= 4 is 0 Å². The minimum atomic E-state index is 0.283. The molecule has 4 heteroatoms. The molecular weight excluding hydrogens is 206 g/mol. The van der Waals surface area contributed by atoms with Gasteiger partial charge in [0.25, 0.3) is 0 Å². The van der Waals surface area contributed by atoms with Crippen LogP contribution in [0.5, 0.6) is 0 Å². The molecule has 100 valence electrons. The third-order valence-electron chi connectivity index (χ3n) is 2.18. The molecule has 4 nitrogen and oxygen atoms in total. The lowest BCUT2D eigenvalue weighted by atomic mass is 10.2. The minimum Gasteiger partial charge on any atom is -0.396 e. The lowest BCUT2D eigenvalue weighted by Crippen LogP contribution is -1.97. The monoisotopic (exact) mass is 235 g/mol. The van der Waals surface area contributed by atoms with Gasteiger partial charge in [-0.15, -0.1) is 0 Å². The van der Waals surface area contributed by atoms with E-state index >= 15 is 0 Å². The second kappa shape index (κ2) is 20.3. The normalized spacial score (nSPS) is 9.75. The van der Waals surface area contributed by atoms with Crippen molar-refractivity contribution < 1.29 is 15.3 Å². The first-order chi connectivity index (χ1) is 7.83. The third kappa shape index (κ3) is 23.6. The Morgan fingerprint density at radius 3 is 1.06 bits per heavy atom. The molecule has 0 fully saturated rings. The molecule has 0 saturated carbocycles. The number of aliphatic hydroxyl groups excluding tert-OH is 3. The Morgan fingerprint density at radius 1 is 0.500 bits per heavy atom. The summed E-state index contributed by atoms with van der Waals surface area (Å²) in [5.41, 5.74) is 5.25. The number of aliphatic hydroxyl groups is 3. The van der Waals surface area contributed by atoms with Gasteiger partial charge in [-0.1, -0.05) is 25.7 Å². The van der Waals surface area contributed by atoms with Crippen LogP contribution >= 0.6 is 0 Å². The van der Waals surface area contributed by atoms with Crippen molar-refractivity contribution in [1.29, 1.82) is 0 Å². The van der Waals surface area contributed by atoms with Gasteiger partial charge in [-0.05, 0) is 32.2 Å². The van der Waals surface area contributed by atoms with Crippen LogP contribution in [0.4, 0.5) is 0 Å². The van der Waals surface area contributed by atoms with Gasteiger partial charge in [0, 0.05) is 19.8 Å². The van der Waals surface area contributed by atoms with Gasteiger partial charge in [0.05, 0.1) is 0 Å². The predicted octanol–water partition coefficient (Wildman–Crippen LogP) is 1.03. The van der Waals surface area contributed by atoms with Gasteiger partial charge < -0.3 is 21.1 Å². The number of hydrogen-bond donors (Lipinski definition) is 4. The Bertz CT molecular complexity index is 78.3. The maximum Gasteiger partial charge on any atom is 0.0431 e. The fraction of sp³-hybridized carbons (Fsp3) is 1.00. The highest BCUT2D eigenvalue weighted by molar-refractivity contribution is 4.41. The Morgan fingerprint density at radius 2 is 0.812 bits per heavy atom. The van der Waals surface area contributed by atoms with E-state index in [-0.39, 0.29) is 13.2 Å². The highest BCUT2D eigenvalue weighted by Gasteiger charge is 1.85. The Kier molecular flexibility index (Phi) is 23.1. The van der Waals surface area contributed by atoms with Crippen molar-refractivity contribution in [2.24, 2.45) is 5.73 Å². The summed E-state index contributed by atoms with van der Waals surface area (Å²) in [5, 5.41) is 24.9. The summed E-state index contributed by atoms with van der Waals surface area (Å²) >= 11 is 0. The van der Waals surface area contributed by atoms with Crippen molar-refractivity contribution in [2.75, 3.05) is 26.4 Å². The number of rotatable bonds is 10. The van der Waals surface area contributed by atoms with E-state index in [4.69, 9.17) is 21.1 Å². The molecule has 0 spiro atoms. The molecule has 0 aliphatic carbocycles. The zero-order valence-electron chi connectivity index (χ0n) is 10.4. The zero-order chi connectivity index (χ0) is 12.5. The van der Waals surface area contributed by atoms with Gasteiger partial charge in [0.1, 0.15) is 0 Å². The maximum atomic E-state index is 8.33. The summed E-state index contributed by atoms with van der Waals surface area (Å²) in [7, 11) is 0. The smallest absolute Gasteiger partial charge is 0.0431 e. The van der Waals surface area contributed by atoms with E-state index in [0.717, 1.165) is 57.9 Å². The largest absolute Gasteiger partial charge is 0.396 e. The van der Waals surface area contributed by atoms with Crippen LogP contribution in [0.15, 0.2) is 0 Å². The molecule has 0 aliphatic rings. The molecule has 0 atom stereocenters. The molecule has 0 aliphatic heterocycles. The molecule has 0 aromatic rings. The topological polar surface area (TPSA) is 86.7 Å². The SMILES string of the molecule is NCCCCCCO.OCCCCCCO. The third-order valence-corrected chi connectivity index (χ3v) is 2.18. The van der Waals surface area contributed by atoms with Gasteiger partial charge in [-0.2, -0.15) is 0 Å². The average molecular weight is 235 g/mol. The fourth-order valence-electron chi connectivity index (χ4n) is 1.19. The first kappa shape index (κ1) is 18.2. The van der Waals surface area contributed by atoms with Crippen LogP contribution < -0.4 is 5.73 Å². The highest BCUT2D eigenvalue weighted by atomic mass is 16.3. The van der Waals surface area contributed by atoms with Gasteiger partial charge >= 0.3 is 0 Å². The van der Waals surface area contributed by atoms with E-state index in [9.17, 15) is 0 Å². The molecular formula is C12H29NO3. The van der Waals surface area contributed by atoms with E-state index in [2.05, 4.69) is 0 Å². The molecule has 0 unspecified atom stereocenters. The molecule has 0 aromatic carbocycles. The average Bonchev–Trinajstić information content (AvgIpc) is 2.31. The Labute approximate surface area is 99.5 Å². The highest BCUT2D eigenvalue weighted by Crippen LogP contribution is 1.96. The van der Waals surface area contributed by atoms with Crippen LogP contribution in [0, 0.1) is 0 Å². The van der Waals surface area contributed by atoms with Crippen molar-refractivity contribution in [3.05, 3.63) is 0 Å². The first-order valence-electron chi connectivity index (χ1n) is 6.36. The van der Waals surface area contributed by atoms with E-state index < -0.39 is 0 Å². The number of hydrogen-bond acceptors (Lipinski definition) is 4. The molecule has 0 saturated heterocycles. The summed E-state index contributed by atoms with van der Waals surface area (Å²) in [6, 6.07) is 0. The Balaban J connectivity index is 0. The first-order valence-corrected chi connectivity index (χ1v) is 6.36. The van der Waals surface area contributed by atoms with Crippen LogP contribution in [0.1, 0.15) is 51.4 Å². The zero-order valence-corrected chi connectivity index (χ0v) is 10.4. The molecule has 0 radical (unpaired) electrons. The van der Waals surface area contributed by atoms with Crippen molar-refractivity contribution in [3.8, 4) is 0 Å². The molecule has 0 amide bonds.